The zero-order valence-corrected chi connectivity index (χ0v) is 60.6. The molecule has 16 bridgehead atoms. The van der Waals surface area contributed by atoms with E-state index in [4.69, 9.17) is 71.1 Å². The lowest BCUT2D eigenvalue weighted by Gasteiger charge is -2.55. The maximum atomic E-state index is 13.9. The fraction of sp³-hybridized carbons (Fsp3) is 0.789. The summed E-state index contributed by atoms with van der Waals surface area (Å²) in [6.45, 7) is -2.41. The van der Waals surface area contributed by atoms with Gasteiger partial charge in [-0.2, -0.15) is 10.2 Å². The number of aliphatic hydroxyl groups excluding tert-OH is 17. The van der Waals surface area contributed by atoms with E-state index in [-0.39, 0.29) is 28.5 Å². The molecule has 22 heterocycles. The van der Waals surface area contributed by atoms with Gasteiger partial charge in [-0.15, -0.1) is 0 Å². The number of rotatable bonds is 26. The Balaban J connectivity index is 0.644. The zero-order chi connectivity index (χ0) is 78.9. The minimum atomic E-state index is -2.26. The topological polar surface area (TPSA) is 594 Å². The Morgan fingerprint density at radius 1 is 0.342 bits per heavy atom. The molecule has 2 aromatic carbocycles. The normalized spacial score (nSPS) is 42.5. The first-order valence-electron chi connectivity index (χ1n) is 37.7. The van der Waals surface area contributed by atoms with Crippen LogP contribution in [0.25, 0.3) is 0 Å². The second kappa shape index (κ2) is 39.0. The molecule has 40 heteroatoms. The molecule has 3 amide bonds. The Hall–Kier alpha value is -4.83. The molecule has 26 aliphatic rings. The van der Waals surface area contributed by atoms with Gasteiger partial charge in [0.1, 0.15) is 146 Å². The Morgan fingerprint density at radius 3 is 0.901 bits per heavy atom. The minimum Gasteiger partial charge on any atom is -0.394 e. The number of ether oxygens (including phenoxy) is 15. The standard InChI is InChI=1S/C71H105N5O35/c77-26-39-57-46(84)52(90)66(102-39)109-59-41(28-79)104-68(54(92)48(59)86)111-61-43(30-81)105-69(55(93)49(61)87)110-60-42(29-80)103-67(53(91)47(60)85)108-58-40(27-78)101-65(51(89)45(58)83)106-56-38(100-64(107-57)50(88)44(56)82)25-74-63(95)35-5-9-37(10-6-35)76-75-36-7-3-34(4-8-36)62(94)72-11-1-13-97-15-17-99-18-16-98-14-2-12-73-70(96)71-22-31-19-32(23-71)21-33(20-31)24-71/h3-10,31-33,38-61,64-69,77-93H,1-2,11-30H2,(H,72,94)(H,73,96)(H,74,95)/t31?,32?,33?,38-,39-,40-,41-,42-,43-,44-,45-,46-,47-,48-,49-,50-,51-,52-,53-,54-,55-,56-,57-,58-,59-,60-,61-,64-,65-,66-,67-,68-,69-,71?/m1/s1. The average molecular weight is 1590 g/mol. The summed E-state index contributed by atoms with van der Waals surface area (Å²) in [5, 5.41) is 208. The summed E-state index contributed by atoms with van der Waals surface area (Å²) in [5.41, 5.74) is 0.912. The van der Waals surface area contributed by atoms with Crippen molar-refractivity contribution in [2.45, 2.75) is 236 Å². The fourth-order valence-electron chi connectivity index (χ4n) is 16.7. The number of azo groups is 1. The van der Waals surface area contributed by atoms with Gasteiger partial charge in [-0.3, -0.25) is 14.4 Å². The van der Waals surface area contributed by atoms with Gasteiger partial charge in [-0.25, -0.2) is 0 Å². The van der Waals surface area contributed by atoms with Crippen molar-refractivity contribution in [3.8, 4) is 0 Å². The number of aliphatic hydroxyl groups is 17. The first kappa shape index (κ1) is 85.5. The molecular formula is C71H105N5O35. The molecule has 624 valence electrons. The fourth-order valence-corrected chi connectivity index (χ4v) is 16.7. The van der Waals surface area contributed by atoms with E-state index in [0.29, 0.717) is 70.4 Å². The molecule has 22 aliphatic heterocycles. The summed E-state index contributed by atoms with van der Waals surface area (Å²) >= 11 is 0. The van der Waals surface area contributed by atoms with Gasteiger partial charge < -0.3 is 174 Å². The van der Waals surface area contributed by atoms with Crippen LogP contribution in [0.3, 0.4) is 0 Å². The summed E-state index contributed by atoms with van der Waals surface area (Å²) < 4.78 is 87.0. The summed E-state index contributed by atoms with van der Waals surface area (Å²) in [6.07, 6.45) is -52.3. The van der Waals surface area contributed by atoms with Crippen LogP contribution in [0, 0.1) is 23.2 Å². The van der Waals surface area contributed by atoms with E-state index < -0.39 is 230 Å². The van der Waals surface area contributed by atoms with Crippen LogP contribution in [-0.4, -0.2) is 381 Å². The van der Waals surface area contributed by atoms with Gasteiger partial charge in [0.2, 0.25) is 5.91 Å². The number of amides is 3. The van der Waals surface area contributed by atoms with Crippen molar-refractivity contribution >= 4 is 29.1 Å². The smallest absolute Gasteiger partial charge is 0.251 e. The van der Waals surface area contributed by atoms with Crippen molar-refractivity contribution in [1.29, 1.82) is 0 Å². The van der Waals surface area contributed by atoms with Crippen molar-refractivity contribution < 1.29 is 172 Å². The molecule has 4 aliphatic carbocycles. The number of carbonyl (C=O) groups is 3. The van der Waals surface area contributed by atoms with Crippen LogP contribution < -0.4 is 16.0 Å². The first-order valence-corrected chi connectivity index (χ1v) is 37.7. The molecule has 22 saturated heterocycles. The van der Waals surface area contributed by atoms with Crippen LogP contribution in [-0.2, 0) is 75.8 Å². The van der Waals surface area contributed by atoms with Crippen LogP contribution in [0.2, 0.25) is 0 Å². The minimum absolute atomic E-state index is 0.0173. The Kier molecular flexibility index (Phi) is 30.0. The van der Waals surface area contributed by atoms with Crippen LogP contribution in [0.1, 0.15) is 72.1 Å². The lowest BCUT2D eigenvalue weighted by atomic mass is 9.49. The van der Waals surface area contributed by atoms with Gasteiger partial charge in [0.15, 0.2) is 37.7 Å². The maximum absolute atomic E-state index is 13.9. The number of carbonyl (C=O) groups excluding carboxylic acids is 3. The third kappa shape index (κ3) is 19.7. The van der Waals surface area contributed by atoms with Gasteiger partial charge in [0.25, 0.3) is 11.8 Å². The predicted molar refractivity (Wildman–Crippen MR) is 366 cm³/mol. The van der Waals surface area contributed by atoms with E-state index in [2.05, 4.69) is 26.2 Å². The molecule has 2 aromatic rings. The van der Waals surface area contributed by atoms with Crippen molar-refractivity contribution in [2.75, 3.05) is 92.3 Å². The number of nitrogens with one attached hydrogen (secondary N) is 3. The first-order chi connectivity index (χ1) is 53.4. The monoisotopic (exact) mass is 1590 g/mol. The predicted octanol–water partition coefficient (Wildman–Crippen LogP) is -7.31. The largest absolute Gasteiger partial charge is 0.394 e. The van der Waals surface area contributed by atoms with E-state index in [1.54, 1.807) is 24.3 Å². The third-order valence-electron chi connectivity index (χ3n) is 22.3. The number of nitrogens with zero attached hydrogens (tertiary/aromatic N) is 2. The molecule has 4 saturated carbocycles. The van der Waals surface area contributed by atoms with E-state index in [0.717, 1.165) is 43.4 Å². The van der Waals surface area contributed by atoms with Gasteiger partial charge in [-0.1, -0.05) is 0 Å². The highest BCUT2D eigenvalue weighted by Gasteiger charge is 2.60. The van der Waals surface area contributed by atoms with Gasteiger partial charge in [0, 0.05) is 49.4 Å². The van der Waals surface area contributed by atoms with Crippen molar-refractivity contribution in [3.63, 3.8) is 0 Å². The molecule has 0 spiro atoms. The molecule has 111 heavy (non-hydrogen) atoms. The lowest BCUT2D eigenvalue weighted by molar-refractivity contribution is -0.403. The third-order valence-corrected chi connectivity index (χ3v) is 22.3. The number of hydrogen-bond donors (Lipinski definition) is 20. The quantitative estimate of drug-likeness (QED) is 0.0307. The second-order valence-electron chi connectivity index (χ2n) is 29.9. The molecule has 20 N–H and O–H groups in total. The van der Waals surface area contributed by atoms with Crippen LogP contribution in [0.15, 0.2) is 58.8 Å². The Morgan fingerprint density at radius 2 is 0.604 bits per heavy atom. The molecule has 30 atom stereocenters. The molecule has 0 aromatic heterocycles. The van der Waals surface area contributed by atoms with Crippen molar-refractivity contribution in [2.24, 2.45) is 33.4 Å². The van der Waals surface area contributed by atoms with E-state index in [1.165, 1.54) is 43.5 Å². The molecule has 40 nitrogen and oxygen atoms in total. The number of hydrogen-bond acceptors (Lipinski definition) is 37. The highest BCUT2D eigenvalue weighted by Crippen LogP contribution is 2.60. The molecule has 28 rings (SSSR count). The highest BCUT2D eigenvalue weighted by atomic mass is 16.8. The van der Waals surface area contributed by atoms with E-state index >= 15 is 0 Å². The van der Waals surface area contributed by atoms with Crippen molar-refractivity contribution in [1.82, 2.24) is 16.0 Å². The average Bonchev–Trinajstić information content (AvgIpc) is 0.718. The summed E-state index contributed by atoms with van der Waals surface area (Å²) in [7, 11) is 0. The summed E-state index contributed by atoms with van der Waals surface area (Å²) in [4.78, 5) is 40.0. The summed E-state index contributed by atoms with van der Waals surface area (Å²) in [5.74, 6) is 1.30. The van der Waals surface area contributed by atoms with E-state index in [9.17, 15) is 101 Å². The number of benzene rings is 2. The van der Waals surface area contributed by atoms with Gasteiger partial charge >= 0.3 is 0 Å². The van der Waals surface area contributed by atoms with Gasteiger partial charge in [0.05, 0.1) is 70.8 Å². The van der Waals surface area contributed by atoms with E-state index in [1.807, 2.05) is 0 Å². The Bertz CT molecular complexity index is 3260. The van der Waals surface area contributed by atoms with Crippen LogP contribution in [0.5, 0.6) is 0 Å². The van der Waals surface area contributed by atoms with Crippen LogP contribution in [0.4, 0.5) is 11.4 Å². The molecule has 26 fully saturated rings. The Labute approximate surface area is 636 Å². The molecule has 0 unspecified atom stereocenters. The molecule has 0 radical (unpaired) electrons. The lowest BCUT2D eigenvalue weighted by Crippen LogP contribution is -2.69. The summed E-state index contributed by atoms with van der Waals surface area (Å²) in [6, 6.07) is 12.0. The van der Waals surface area contributed by atoms with Crippen molar-refractivity contribution in [3.05, 3.63) is 59.7 Å². The van der Waals surface area contributed by atoms with Crippen LogP contribution >= 0.6 is 0 Å². The maximum Gasteiger partial charge on any atom is 0.251 e. The highest BCUT2D eigenvalue weighted by molar-refractivity contribution is 5.95. The van der Waals surface area contributed by atoms with Gasteiger partial charge in [-0.05, 0) is 118 Å². The second-order valence-corrected chi connectivity index (χ2v) is 29.9. The SMILES string of the molecule is O=C(NCCCOCCOCCOCCCNC(=O)C12CC3CC(CC(C3)C1)C2)c1ccc(N=Nc2ccc(C(=O)NC[C@H]3O[C@@H]4O[C@H]5[C@H](O)[C@@H](O)[C@@H](O[C@H]6[C@H](O)[C@@H](O)[C@@H](O[C@H]7[C@H](O)[C@@H](O)[C@@H](O[C@H]8[C@H](O)[C@@H](O)[C@@H](O[C@H]9[C@H](O)[C@@H](O)[C@@H](O[C@H]3[C@H](O)[C@H]4O)O[C@@H]9CO)O[C@@H]8CO)O[C@@H]7CO)O[C@@H]6CO)O[C@@H]5CO)cc2)cc1. The molecular weight excluding hydrogens is 1480 g/mol. The zero-order valence-electron chi connectivity index (χ0n) is 60.6.